The maximum atomic E-state index is 12.5. The van der Waals surface area contributed by atoms with Crippen LogP contribution in [0.25, 0.3) is 0 Å². The molecule has 2 rings (SSSR count). The number of benzene rings is 1. The highest BCUT2D eigenvalue weighted by molar-refractivity contribution is 6.42. The molecular formula is C18H26Cl2N3O2+. The highest BCUT2D eigenvalue weighted by Gasteiger charge is 2.27. The van der Waals surface area contributed by atoms with Crippen LogP contribution in [-0.4, -0.2) is 49.4 Å². The Morgan fingerprint density at radius 2 is 2.00 bits per heavy atom. The number of hydrogen-bond donors (Lipinski definition) is 2. The zero-order valence-corrected chi connectivity index (χ0v) is 16.3. The van der Waals surface area contributed by atoms with Gasteiger partial charge in [-0.2, -0.15) is 0 Å². The molecule has 1 aromatic carbocycles. The molecule has 2 amide bonds. The lowest BCUT2D eigenvalue weighted by Gasteiger charge is -2.35. The van der Waals surface area contributed by atoms with Crippen LogP contribution in [0.3, 0.4) is 0 Å². The molecule has 1 fully saturated rings. The molecule has 0 aliphatic carbocycles. The van der Waals surface area contributed by atoms with Gasteiger partial charge in [-0.25, -0.2) is 0 Å². The normalized spacial score (nSPS) is 18.7. The second kappa shape index (κ2) is 9.41. The van der Waals surface area contributed by atoms with Crippen LogP contribution in [0.15, 0.2) is 18.2 Å². The summed E-state index contributed by atoms with van der Waals surface area (Å²) in [4.78, 5) is 27.6. The van der Waals surface area contributed by atoms with E-state index < -0.39 is 0 Å². The molecule has 5 nitrogen and oxygen atoms in total. The molecule has 7 heteroatoms. The summed E-state index contributed by atoms with van der Waals surface area (Å²) in [7, 11) is 1.86. The SMILES string of the molecule is CC[C@@H]1CCCCN1C(=O)C[NH+](C)CC(=O)Nc1ccc(Cl)c(Cl)c1. The van der Waals surface area contributed by atoms with Gasteiger partial charge >= 0.3 is 0 Å². The van der Waals surface area contributed by atoms with Crippen LogP contribution >= 0.6 is 23.2 Å². The summed E-state index contributed by atoms with van der Waals surface area (Å²) in [5.74, 6) is -0.0271. The van der Waals surface area contributed by atoms with Crippen molar-refractivity contribution in [1.82, 2.24) is 4.90 Å². The van der Waals surface area contributed by atoms with Crippen molar-refractivity contribution in [2.75, 3.05) is 32.0 Å². The first-order valence-electron chi connectivity index (χ1n) is 8.76. The number of quaternary nitrogens is 1. The molecule has 25 heavy (non-hydrogen) atoms. The first-order chi connectivity index (χ1) is 11.9. The molecule has 1 aliphatic heterocycles. The fourth-order valence-corrected chi connectivity index (χ4v) is 3.53. The Balaban J connectivity index is 1.84. The van der Waals surface area contributed by atoms with Crippen LogP contribution in [0.4, 0.5) is 5.69 Å². The van der Waals surface area contributed by atoms with Gasteiger partial charge in [0.05, 0.1) is 17.1 Å². The van der Waals surface area contributed by atoms with E-state index in [4.69, 9.17) is 23.2 Å². The molecule has 138 valence electrons. The third-order valence-electron chi connectivity index (χ3n) is 4.54. The molecule has 1 unspecified atom stereocenters. The maximum Gasteiger partial charge on any atom is 0.279 e. The summed E-state index contributed by atoms with van der Waals surface area (Å²) in [6.07, 6.45) is 4.33. The standard InChI is InChI=1S/C18H25Cl2N3O2/c1-3-14-6-4-5-9-23(14)18(25)12-22(2)11-17(24)21-13-7-8-15(19)16(20)10-13/h7-8,10,14H,3-6,9,11-12H2,1-2H3,(H,21,24)/p+1/t14-/m1/s1. The number of likely N-dealkylation sites (N-methyl/N-ethyl adjacent to an activating group) is 1. The number of hydrogen-bond acceptors (Lipinski definition) is 2. The van der Waals surface area contributed by atoms with Crippen LogP contribution in [0.5, 0.6) is 0 Å². The summed E-state index contributed by atoms with van der Waals surface area (Å²) in [6.45, 7) is 3.50. The van der Waals surface area contributed by atoms with Gasteiger partial charge in [-0.1, -0.05) is 30.1 Å². The third-order valence-corrected chi connectivity index (χ3v) is 5.28. The number of carbonyl (C=O) groups excluding carboxylic acids is 2. The highest BCUT2D eigenvalue weighted by atomic mass is 35.5. The molecule has 1 saturated heterocycles. The fourth-order valence-electron chi connectivity index (χ4n) is 3.23. The first-order valence-corrected chi connectivity index (χ1v) is 9.52. The Labute approximate surface area is 159 Å². The second-order valence-corrected chi connectivity index (χ2v) is 7.45. The van der Waals surface area contributed by atoms with Gasteiger partial charge in [0.1, 0.15) is 0 Å². The molecule has 1 aliphatic rings. The summed E-state index contributed by atoms with van der Waals surface area (Å²) >= 11 is 11.8. The summed E-state index contributed by atoms with van der Waals surface area (Å²) in [5.41, 5.74) is 0.598. The fraction of sp³-hybridized carbons (Fsp3) is 0.556. The van der Waals surface area contributed by atoms with E-state index in [1.165, 1.54) is 6.42 Å². The molecule has 1 heterocycles. The van der Waals surface area contributed by atoms with E-state index >= 15 is 0 Å². The second-order valence-electron chi connectivity index (χ2n) is 6.63. The lowest BCUT2D eigenvalue weighted by atomic mass is 10.00. The minimum absolute atomic E-state index is 0.131. The van der Waals surface area contributed by atoms with Crippen LogP contribution in [0.2, 0.25) is 10.0 Å². The van der Waals surface area contributed by atoms with Crippen molar-refractivity contribution in [2.45, 2.75) is 38.6 Å². The van der Waals surface area contributed by atoms with Gasteiger partial charge in [0.15, 0.2) is 13.1 Å². The molecule has 2 atom stereocenters. The Hall–Kier alpha value is -1.30. The zero-order chi connectivity index (χ0) is 18.4. The number of carbonyl (C=O) groups is 2. The van der Waals surface area contributed by atoms with Crippen LogP contribution in [0, 0.1) is 0 Å². The topological polar surface area (TPSA) is 53.9 Å². The maximum absolute atomic E-state index is 12.5. The third kappa shape index (κ3) is 5.87. The molecule has 2 N–H and O–H groups in total. The van der Waals surface area contributed by atoms with Gasteiger partial charge in [-0.05, 0) is 43.9 Å². The Bertz CT molecular complexity index is 624. The average Bonchev–Trinajstić information content (AvgIpc) is 2.57. The number of piperidine rings is 1. The quantitative estimate of drug-likeness (QED) is 0.787. The van der Waals surface area contributed by atoms with E-state index in [0.29, 0.717) is 28.3 Å². The van der Waals surface area contributed by atoms with Crippen molar-refractivity contribution in [3.05, 3.63) is 28.2 Å². The number of halogens is 2. The number of nitrogens with one attached hydrogen (secondary N) is 2. The summed E-state index contributed by atoms with van der Waals surface area (Å²) in [6, 6.07) is 5.30. The number of amides is 2. The summed E-state index contributed by atoms with van der Waals surface area (Å²) in [5, 5.41) is 3.62. The predicted molar refractivity (Wildman–Crippen MR) is 101 cm³/mol. The number of rotatable bonds is 6. The monoisotopic (exact) mass is 386 g/mol. The number of likely N-dealkylation sites (tertiary alicyclic amines) is 1. The van der Waals surface area contributed by atoms with E-state index in [9.17, 15) is 9.59 Å². The summed E-state index contributed by atoms with van der Waals surface area (Å²) < 4.78 is 0. The Morgan fingerprint density at radius 1 is 1.24 bits per heavy atom. The van der Waals surface area contributed by atoms with E-state index in [1.54, 1.807) is 18.2 Å². The van der Waals surface area contributed by atoms with E-state index in [0.717, 1.165) is 30.7 Å². The molecule has 0 aromatic heterocycles. The predicted octanol–water partition coefficient (Wildman–Crippen LogP) is 2.24. The van der Waals surface area contributed by atoms with Crippen molar-refractivity contribution in [3.8, 4) is 0 Å². The Morgan fingerprint density at radius 3 is 2.68 bits per heavy atom. The van der Waals surface area contributed by atoms with Crippen molar-refractivity contribution in [1.29, 1.82) is 0 Å². The largest absolute Gasteiger partial charge is 0.335 e. The number of anilines is 1. The minimum Gasteiger partial charge on any atom is -0.335 e. The van der Waals surface area contributed by atoms with Crippen LogP contribution in [0.1, 0.15) is 32.6 Å². The molecule has 1 aromatic rings. The van der Waals surface area contributed by atoms with Crippen molar-refractivity contribution in [2.24, 2.45) is 0 Å². The van der Waals surface area contributed by atoms with Gasteiger partial charge in [-0.15, -0.1) is 0 Å². The molecule has 0 spiro atoms. The molecular weight excluding hydrogens is 361 g/mol. The van der Waals surface area contributed by atoms with Crippen molar-refractivity contribution >= 4 is 40.7 Å². The van der Waals surface area contributed by atoms with Crippen LogP contribution in [-0.2, 0) is 9.59 Å². The first kappa shape index (κ1) is 20.0. The lowest BCUT2D eigenvalue weighted by Crippen LogP contribution is -3.11. The van der Waals surface area contributed by atoms with Gasteiger partial charge in [0, 0.05) is 18.3 Å². The highest BCUT2D eigenvalue weighted by Crippen LogP contribution is 2.24. The van der Waals surface area contributed by atoms with Gasteiger partial charge in [-0.3, -0.25) is 9.59 Å². The average molecular weight is 387 g/mol. The molecule has 0 bridgehead atoms. The van der Waals surface area contributed by atoms with Gasteiger partial charge < -0.3 is 15.1 Å². The zero-order valence-electron chi connectivity index (χ0n) is 14.8. The van der Waals surface area contributed by atoms with Crippen molar-refractivity contribution in [3.63, 3.8) is 0 Å². The minimum atomic E-state index is -0.158. The lowest BCUT2D eigenvalue weighted by molar-refractivity contribution is -0.862. The van der Waals surface area contributed by atoms with Crippen LogP contribution < -0.4 is 10.2 Å². The van der Waals surface area contributed by atoms with E-state index in [2.05, 4.69) is 12.2 Å². The van der Waals surface area contributed by atoms with Gasteiger partial charge in [0.25, 0.3) is 11.8 Å². The number of nitrogens with zero attached hydrogens (tertiary/aromatic N) is 1. The van der Waals surface area contributed by atoms with Crippen molar-refractivity contribution < 1.29 is 14.5 Å². The smallest absolute Gasteiger partial charge is 0.279 e. The van der Waals surface area contributed by atoms with E-state index in [-0.39, 0.29) is 18.4 Å². The molecule has 0 radical (unpaired) electrons. The molecule has 0 saturated carbocycles. The van der Waals surface area contributed by atoms with Gasteiger partial charge in [0.2, 0.25) is 0 Å². The Kier molecular flexibility index (Phi) is 7.54. The van der Waals surface area contributed by atoms with E-state index in [1.807, 2.05) is 11.9 Å².